The Labute approximate surface area is 363 Å². The molecule has 334 valence electrons. The minimum absolute atomic E-state index is 0.0542. The number of ether oxygens (including phenoxy) is 6. The van der Waals surface area contributed by atoms with E-state index in [2.05, 4.69) is 5.32 Å². The van der Waals surface area contributed by atoms with Crippen LogP contribution in [0, 0.1) is 16.7 Å². The molecule has 3 fully saturated rings. The summed E-state index contributed by atoms with van der Waals surface area (Å²) in [4.78, 5) is 83.7. The number of aliphatic hydroxyl groups is 3. The number of esters is 3. The molecule has 0 spiro atoms. The van der Waals surface area contributed by atoms with Crippen LogP contribution in [0.5, 0.6) is 0 Å². The quantitative estimate of drug-likeness (QED) is 0.128. The van der Waals surface area contributed by atoms with Gasteiger partial charge < -0.3 is 49.1 Å². The summed E-state index contributed by atoms with van der Waals surface area (Å²) in [5.74, 6) is -6.13. The average molecular weight is 870 g/mol. The number of carbonyl (C=O) groups is 6. The fourth-order valence-corrected chi connectivity index (χ4v) is 10.2. The monoisotopic (exact) mass is 869 g/mol. The van der Waals surface area contributed by atoms with E-state index in [0.717, 1.165) is 14.0 Å². The molecule has 2 saturated carbocycles. The molecule has 7 rings (SSSR count). The molecule has 4 aliphatic rings. The lowest BCUT2D eigenvalue weighted by Gasteiger charge is -2.67. The number of methoxy groups -OCH3 is 1. The van der Waals surface area contributed by atoms with E-state index in [4.69, 9.17) is 28.4 Å². The molecule has 11 atom stereocenters. The molecule has 16 nitrogen and oxygen atoms in total. The van der Waals surface area contributed by atoms with Crippen LogP contribution in [0.1, 0.15) is 79.8 Å². The molecule has 3 aromatic rings. The molecular formula is C47H51NO15. The highest BCUT2D eigenvalue weighted by molar-refractivity contribution is 5.96. The first-order valence-corrected chi connectivity index (χ1v) is 20.6. The van der Waals surface area contributed by atoms with Crippen molar-refractivity contribution < 1.29 is 72.5 Å². The minimum atomic E-state index is -2.43. The van der Waals surface area contributed by atoms with E-state index in [1.807, 2.05) is 0 Å². The Hall–Kier alpha value is -5.94. The molecule has 4 N–H and O–H groups in total. The van der Waals surface area contributed by atoms with E-state index in [-0.39, 0.29) is 35.3 Å². The second-order valence-electron chi connectivity index (χ2n) is 17.3. The normalized spacial score (nSPS) is 31.5. The number of hydrogen-bond acceptors (Lipinski definition) is 15. The molecule has 1 aliphatic heterocycles. The topological polar surface area (TPSA) is 231 Å². The van der Waals surface area contributed by atoms with Crippen molar-refractivity contribution in [1.82, 2.24) is 5.32 Å². The molecule has 16 heteroatoms. The van der Waals surface area contributed by atoms with Gasteiger partial charge in [-0.3, -0.25) is 14.4 Å². The zero-order valence-corrected chi connectivity index (χ0v) is 35.6. The molecule has 1 saturated heterocycles. The van der Waals surface area contributed by atoms with Gasteiger partial charge in [-0.05, 0) is 54.8 Å². The summed E-state index contributed by atoms with van der Waals surface area (Å²) in [6.07, 6.45) is -12.2. The van der Waals surface area contributed by atoms with Crippen LogP contribution in [-0.2, 0) is 42.8 Å². The van der Waals surface area contributed by atoms with Gasteiger partial charge in [0.25, 0.3) is 5.91 Å². The molecule has 2 unspecified atom stereocenters. The van der Waals surface area contributed by atoms with Gasteiger partial charge in [0.1, 0.15) is 23.9 Å². The smallest absolute Gasteiger partial charge is 0.456 e. The number of carbonyl (C=O) groups excluding carboxylic acids is 6. The Kier molecular flexibility index (Phi) is 12.2. The minimum Gasteiger partial charge on any atom is -0.456 e. The maximum Gasteiger partial charge on any atom is 0.509 e. The predicted molar refractivity (Wildman–Crippen MR) is 219 cm³/mol. The molecule has 1 heterocycles. The second kappa shape index (κ2) is 17.0. The van der Waals surface area contributed by atoms with Gasteiger partial charge >= 0.3 is 24.1 Å². The summed E-state index contributed by atoms with van der Waals surface area (Å²) in [7, 11) is 1.02. The Morgan fingerprint density at radius 3 is 2.00 bits per heavy atom. The lowest BCUT2D eigenvalue weighted by molar-refractivity contribution is -0.346. The summed E-state index contributed by atoms with van der Waals surface area (Å²) >= 11 is 0. The Morgan fingerprint density at radius 1 is 0.857 bits per heavy atom. The van der Waals surface area contributed by atoms with E-state index in [9.17, 15) is 39.3 Å². The van der Waals surface area contributed by atoms with Crippen molar-refractivity contribution in [2.45, 2.75) is 101 Å². The first-order chi connectivity index (χ1) is 29.8. The number of aliphatic hydroxyl groups excluding tert-OH is 2. The van der Waals surface area contributed by atoms with Crippen LogP contribution in [0.2, 0.25) is 0 Å². The van der Waals surface area contributed by atoms with E-state index >= 15 is 4.79 Å². The van der Waals surface area contributed by atoms with Crippen molar-refractivity contribution in [3.05, 3.63) is 119 Å². The molecule has 3 aliphatic carbocycles. The Balaban J connectivity index is 1.40. The SMILES string of the molecule is COC(=O)O[C@H]1C(=O)[C@@]2(C)C(C(OC(=O)c3ccccc3)[C@]3(O)C[C@H](OC(=O)[C@H](O)[C@@H](NC(=O)c4ccccc4)c4ccccc4)C(C)=C1C3(C)C)[C@]1(OC(C)=O)CO[C@@H]1C[C@@H]2O. The molecule has 63 heavy (non-hydrogen) atoms. The first-order valence-electron chi connectivity index (χ1n) is 20.6. The van der Waals surface area contributed by atoms with E-state index in [0.29, 0.717) is 5.56 Å². The second-order valence-corrected chi connectivity index (χ2v) is 17.3. The van der Waals surface area contributed by atoms with Gasteiger partial charge in [0.05, 0.1) is 42.8 Å². The highest BCUT2D eigenvalue weighted by Crippen LogP contribution is 2.64. The van der Waals surface area contributed by atoms with E-state index in [1.54, 1.807) is 78.9 Å². The predicted octanol–water partition coefficient (Wildman–Crippen LogP) is 3.96. The van der Waals surface area contributed by atoms with Crippen LogP contribution in [0.4, 0.5) is 4.79 Å². The summed E-state index contributed by atoms with van der Waals surface area (Å²) in [6.45, 7) is 6.73. The molecular weight excluding hydrogens is 819 g/mol. The zero-order chi connectivity index (χ0) is 45.6. The maximum atomic E-state index is 15.5. The lowest BCUT2D eigenvalue weighted by Crippen LogP contribution is -2.82. The van der Waals surface area contributed by atoms with Crippen LogP contribution in [0.15, 0.2) is 102 Å². The fraction of sp³-hybridized carbons (Fsp3) is 0.447. The number of nitrogens with one attached hydrogen (secondary N) is 1. The largest absolute Gasteiger partial charge is 0.509 e. The van der Waals surface area contributed by atoms with Gasteiger partial charge in [-0.25, -0.2) is 14.4 Å². The average Bonchev–Trinajstić information content (AvgIpc) is 3.26. The number of Topliss-reactive ketones (excluding diaryl/α,β-unsaturated/α-hetero) is 1. The van der Waals surface area contributed by atoms with Crippen molar-refractivity contribution in [3.8, 4) is 0 Å². The number of benzene rings is 3. The highest BCUT2D eigenvalue weighted by atomic mass is 16.7. The number of fused-ring (bicyclic) bond motifs is 5. The highest BCUT2D eigenvalue weighted by Gasteiger charge is 2.78. The number of ketones is 1. The third kappa shape index (κ3) is 7.58. The van der Waals surface area contributed by atoms with Crippen LogP contribution in [0.25, 0.3) is 0 Å². The first kappa shape index (κ1) is 45.1. The van der Waals surface area contributed by atoms with Crippen molar-refractivity contribution in [3.63, 3.8) is 0 Å². The van der Waals surface area contributed by atoms with E-state index < -0.39 is 113 Å². The molecule has 2 bridgehead atoms. The number of hydrogen-bond donors (Lipinski definition) is 4. The van der Waals surface area contributed by atoms with Crippen molar-refractivity contribution >= 4 is 35.8 Å². The maximum absolute atomic E-state index is 15.5. The lowest BCUT2D eigenvalue weighted by atomic mass is 9.44. The Morgan fingerprint density at radius 2 is 1.44 bits per heavy atom. The van der Waals surface area contributed by atoms with Gasteiger partial charge in [0.2, 0.25) is 0 Å². The van der Waals surface area contributed by atoms with Crippen LogP contribution in [0.3, 0.4) is 0 Å². The van der Waals surface area contributed by atoms with Crippen LogP contribution in [-0.4, -0.2) is 113 Å². The molecule has 1 amide bonds. The van der Waals surface area contributed by atoms with Gasteiger partial charge in [-0.1, -0.05) is 80.6 Å². The molecule has 3 aromatic carbocycles. The molecule has 0 aromatic heterocycles. The zero-order valence-electron chi connectivity index (χ0n) is 35.6. The van der Waals surface area contributed by atoms with E-state index in [1.165, 1.54) is 39.8 Å². The van der Waals surface area contributed by atoms with Gasteiger partial charge in [-0.15, -0.1) is 0 Å². The number of amides is 1. The summed E-state index contributed by atoms with van der Waals surface area (Å²) < 4.78 is 35.0. The van der Waals surface area contributed by atoms with Gasteiger partial charge in [-0.2, -0.15) is 0 Å². The van der Waals surface area contributed by atoms with Crippen molar-refractivity contribution in [1.29, 1.82) is 0 Å². The third-order valence-corrected chi connectivity index (χ3v) is 13.6. The van der Waals surface area contributed by atoms with Crippen LogP contribution < -0.4 is 5.32 Å². The molecule has 0 radical (unpaired) electrons. The fourth-order valence-electron chi connectivity index (χ4n) is 10.2. The summed E-state index contributed by atoms with van der Waals surface area (Å²) in [6, 6.07) is 22.8. The Bertz CT molecular complexity index is 2300. The van der Waals surface area contributed by atoms with Crippen molar-refractivity contribution in [2.24, 2.45) is 16.7 Å². The summed E-state index contributed by atoms with van der Waals surface area (Å²) in [5, 5.41) is 40.3. The standard InChI is InChI=1S/C47H51NO15/c1-25-30(60-42(55)35(51)34(27-16-10-7-11-17-27)48-40(53)28-18-12-8-13-19-28)23-47(57)39(62-41(54)29-20-14-9-15-21-29)37-45(5,31(50)22-32-46(37,24-59-32)63-26(2)49)38(52)36(61-43(56)58-6)33(25)44(47,3)4/h7-21,30-32,34-37,39,50-51,57H,22-24H2,1-6H3,(H,48,53)/t30-,31-,32+,34-,35+,36+,37?,39?,45+,46-,47+/m0/s1. The van der Waals surface area contributed by atoms with Crippen molar-refractivity contribution in [2.75, 3.05) is 13.7 Å². The summed E-state index contributed by atoms with van der Waals surface area (Å²) in [5.41, 5.74) is -7.36. The number of rotatable bonds is 10. The third-order valence-electron chi connectivity index (χ3n) is 13.6. The van der Waals surface area contributed by atoms with Gasteiger partial charge in [0, 0.05) is 30.7 Å². The van der Waals surface area contributed by atoms with Crippen LogP contribution >= 0.6 is 0 Å². The van der Waals surface area contributed by atoms with Gasteiger partial charge in [0.15, 0.2) is 23.6 Å².